The molecule has 0 fully saturated rings. The summed E-state index contributed by atoms with van der Waals surface area (Å²) in [6.45, 7) is 6.54. The van der Waals surface area contributed by atoms with Gasteiger partial charge < -0.3 is 5.32 Å². The van der Waals surface area contributed by atoms with Gasteiger partial charge in [0.25, 0.3) is 0 Å². The molecule has 0 saturated carbocycles. The van der Waals surface area contributed by atoms with Gasteiger partial charge in [-0.3, -0.25) is 9.69 Å². The van der Waals surface area contributed by atoms with Gasteiger partial charge in [-0.25, -0.2) is 0 Å². The minimum atomic E-state index is 0.0841. The molecule has 1 aliphatic rings. The third-order valence-corrected chi connectivity index (χ3v) is 3.32. The summed E-state index contributed by atoms with van der Waals surface area (Å²) in [6, 6.07) is 8.56. The summed E-state index contributed by atoms with van der Waals surface area (Å²) in [7, 11) is 0. The van der Waals surface area contributed by atoms with Gasteiger partial charge in [0.2, 0.25) is 5.91 Å². The Morgan fingerprint density at radius 1 is 1.28 bits per heavy atom. The summed E-state index contributed by atoms with van der Waals surface area (Å²) >= 11 is 0. The van der Waals surface area contributed by atoms with Gasteiger partial charge in [-0.1, -0.05) is 30.3 Å². The normalized spacial score (nSPS) is 15.6. The van der Waals surface area contributed by atoms with Crippen molar-refractivity contribution in [2.75, 3.05) is 26.2 Å². The highest BCUT2D eigenvalue weighted by Gasteiger charge is 2.15. The van der Waals surface area contributed by atoms with Crippen molar-refractivity contribution in [1.82, 2.24) is 10.2 Å². The highest BCUT2D eigenvalue weighted by molar-refractivity contribution is 5.78. The van der Waals surface area contributed by atoms with E-state index < -0.39 is 0 Å². The van der Waals surface area contributed by atoms with Gasteiger partial charge in [0.1, 0.15) is 0 Å². The lowest BCUT2D eigenvalue weighted by Crippen LogP contribution is -2.38. The van der Waals surface area contributed by atoms with Crippen molar-refractivity contribution in [3.63, 3.8) is 0 Å². The van der Waals surface area contributed by atoms with Gasteiger partial charge in [0.15, 0.2) is 0 Å². The van der Waals surface area contributed by atoms with E-state index in [4.69, 9.17) is 0 Å². The number of nitrogens with zero attached hydrogens (tertiary/aromatic N) is 1. The summed E-state index contributed by atoms with van der Waals surface area (Å²) in [5.41, 5.74) is 2.85. The predicted molar refractivity (Wildman–Crippen MR) is 73.5 cm³/mol. The summed E-state index contributed by atoms with van der Waals surface area (Å²) < 4.78 is 0. The third-order valence-electron chi connectivity index (χ3n) is 3.32. The molecule has 96 valence electrons. The topological polar surface area (TPSA) is 32.3 Å². The molecule has 1 N–H and O–H groups in total. The van der Waals surface area contributed by atoms with Crippen LogP contribution in [-0.4, -0.2) is 37.0 Å². The lowest BCUT2D eigenvalue weighted by molar-refractivity contribution is -0.122. The Morgan fingerprint density at radius 3 is 2.44 bits per heavy atom. The van der Waals surface area contributed by atoms with E-state index in [0.717, 1.165) is 25.9 Å². The smallest absolute Gasteiger partial charge is 0.234 e. The Kier molecular flexibility index (Phi) is 4.53. The number of amides is 1. The molecule has 0 radical (unpaired) electrons. The Morgan fingerprint density at radius 2 is 1.89 bits per heavy atom. The molecule has 3 nitrogen and oxygen atoms in total. The number of hydrogen-bond donors (Lipinski definition) is 1. The van der Waals surface area contributed by atoms with Gasteiger partial charge >= 0.3 is 0 Å². The maximum Gasteiger partial charge on any atom is 0.234 e. The van der Waals surface area contributed by atoms with Crippen molar-refractivity contribution < 1.29 is 4.79 Å². The van der Waals surface area contributed by atoms with Crippen LogP contribution in [0.2, 0.25) is 0 Å². The van der Waals surface area contributed by atoms with E-state index in [-0.39, 0.29) is 5.91 Å². The summed E-state index contributed by atoms with van der Waals surface area (Å²) in [5.74, 6) is 0.0841. The van der Waals surface area contributed by atoms with E-state index >= 15 is 0 Å². The quantitative estimate of drug-likeness (QED) is 0.812. The molecule has 1 aromatic rings. The van der Waals surface area contributed by atoms with Crippen molar-refractivity contribution in [2.24, 2.45) is 0 Å². The molecule has 0 aromatic heterocycles. The zero-order chi connectivity index (χ0) is 12.8. The van der Waals surface area contributed by atoms with Gasteiger partial charge in [0.05, 0.1) is 6.54 Å². The Bertz CT molecular complexity index is 401. The molecule has 0 saturated heterocycles. The van der Waals surface area contributed by atoms with Crippen molar-refractivity contribution in [1.29, 1.82) is 0 Å². The molecule has 1 aliphatic heterocycles. The van der Waals surface area contributed by atoms with Gasteiger partial charge in [-0.2, -0.15) is 0 Å². The van der Waals surface area contributed by atoms with Crippen LogP contribution in [0.15, 0.2) is 36.9 Å². The fourth-order valence-electron chi connectivity index (χ4n) is 2.32. The zero-order valence-electron chi connectivity index (χ0n) is 10.7. The van der Waals surface area contributed by atoms with E-state index in [0.29, 0.717) is 13.1 Å². The standard InChI is InChI=1S/C15H20N2O/c1-2-9-16-15(18)12-17-10-7-13-5-3-4-6-14(13)8-11-17/h2-6H,1,7-12H2,(H,16,18). The van der Waals surface area contributed by atoms with Crippen LogP contribution in [-0.2, 0) is 17.6 Å². The molecule has 0 spiro atoms. The number of benzene rings is 1. The van der Waals surface area contributed by atoms with E-state index in [1.54, 1.807) is 6.08 Å². The number of nitrogens with one attached hydrogen (secondary N) is 1. The highest BCUT2D eigenvalue weighted by Crippen LogP contribution is 2.15. The summed E-state index contributed by atoms with van der Waals surface area (Å²) in [5, 5.41) is 2.82. The lowest BCUT2D eigenvalue weighted by atomic mass is 10.0. The summed E-state index contributed by atoms with van der Waals surface area (Å²) in [4.78, 5) is 13.9. The number of fused-ring (bicyclic) bond motifs is 1. The average Bonchev–Trinajstić information content (AvgIpc) is 2.59. The predicted octanol–water partition coefficient (Wildman–Crippen LogP) is 1.39. The minimum Gasteiger partial charge on any atom is -0.352 e. The molecule has 1 aromatic carbocycles. The summed E-state index contributed by atoms with van der Waals surface area (Å²) in [6.07, 6.45) is 3.77. The second-order valence-electron chi connectivity index (χ2n) is 4.64. The Labute approximate surface area is 108 Å². The molecular formula is C15H20N2O. The van der Waals surface area contributed by atoms with Gasteiger partial charge in [-0.05, 0) is 24.0 Å². The van der Waals surface area contributed by atoms with E-state index in [1.807, 2.05) is 0 Å². The van der Waals surface area contributed by atoms with Crippen LogP contribution in [0, 0.1) is 0 Å². The average molecular weight is 244 g/mol. The lowest BCUT2D eigenvalue weighted by Gasteiger charge is -2.18. The fourth-order valence-corrected chi connectivity index (χ4v) is 2.32. The van der Waals surface area contributed by atoms with Crippen LogP contribution < -0.4 is 5.32 Å². The molecule has 3 heteroatoms. The molecule has 2 rings (SSSR count). The number of rotatable bonds is 4. The van der Waals surface area contributed by atoms with Crippen LogP contribution in [0.4, 0.5) is 0 Å². The Balaban J connectivity index is 1.88. The molecule has 0 unspecified atom stereocenters. The highest BCUT2D eigenvalue weighted by atomic mass is 16.2. The minimum absolute atomic E-state index is 0.0841. The van der Waals surface area contributed by atoms with Crippen LogP contribution in [0.5, 0.6) is 0 Å². The van der Waals surface area contributed by atoms with E-state index in [1.165, 1.54) is 11.1 Å². The first-order valence-corrected chi connectivity index (χ1v) is 6.46. The molecule has 1 amide bonds. The molecule has 0 atom stereocenters. The number of carbonyl (C=O) groups excluding carboxylic acids is 1. The number of carbonyl (C=O) groups is 1. The van der Waals surface area contributed by atoms with E-state index in [2.05, 4.69) is 41.1 Å². The fraction of sp³-hybridized carbons (Fsp3) is 0.400. The molecule has 18 heavy (non-hydrogen) atoms. The maximum atomic E-state index is 11.7. The van der Waals surface area contributed by atoms with Crippen molar-refractivity contribution in [3.05, 3.63) is 48.0 Å². The third kappa shape index (κ3) is 3.44. The van der Waals surface area contributed by atoms with Crippen molar-refractivity contribution in [3.8, 4) is 0 Å². The Hall–Kier alpha value is -1.61. The first-order valence-electron chi connectivity index (χ1n) is 6.46. The van der Waals surface area contributed by atoms with Crippen molar-refractivity contribution in [2.45, 2.75) is 12.8 Å². The second kappa shape index (κ2) is 6.36. The number of hydrogen-bond acceptors (Lipinski definition) is 2. The van der Waals surface area contributed by atoms with Crippen LogP contribution >= 0.6 is 0 Å². The molecular weight excluding hydrogens is 224 g/mol. The van der Waals surface area contributed by atoms with Gasteiger partial charge in [0, 0.05) is 19.6 Å². The van der Waals surface area contributed by atoms with Crippen molar-refractivity contribution >= 4 is 5.91 Å². The van der Waals surface area contributed by atoms with Gasteiger partial charge in [-0.15, -0.1) is 6.58 Å². The largest absolute Gasteiger partial charge is 0.352 e. The van der Waals surface area contributed by atoms with E-state index in [9.17, 15) is 4.79 Å². The van der Waals surface area contributed by atoms with Crippen LogP contribution in [0.3, 0.4) is 0 Å². The van der Waals surface area contributed by atoms with Crippen LogP contribution in [0.25, 0.3) is 0 Å². The second-order valence-corrected chi connectivity index (χ2v) is 4.64. The monoisotopic (exact) mass is 244 g/mol. The van der Waals surface area contributed by atoms with Crippen LogP contribution in [0.1, 0.15) is 11.1 Å². The first-order chi connectivity index (χ1) is 8.79. The molecule has 1 heterocycles. The molecule has 0 bridgehead atoms. The molecule has 0 aliphatic carbocycles. The zero-order valence-corrected chi connectivity index (χ0v) is 10.7. The first kappa shape index (κ1) is 12.8. The maximum absolute atomic E-state index is 11.7. The SMILES string of the molecule is C=CCNC(=O)CN1CCc2ccccc2CC1.